The van der Waals surface area contributed by atoms with Crippen LogP contribution in [0.1, 0.15) is 67.5 Å². The van der Waals surface area contributed by atoms with E-state index in [9.17, 15) is 0 Å². The third-order valence-electron chi connectivity index (χ3n) is 14.8. The lowest BCUT2D eigenvalue weighted by Crippen LogP contribution is -3.00. The van der Waals surface area contributed by atoms with E-state index < -0.39 is 0 Å². The second-order valence-corrected chi connectivity index (χ2v) is 22.0. The van der Waals surface area contributed by atoms with E-state index >= 15 is 0 Å². The van der Waals surface area contributed by atoms with Gasteiger partial charge in [-0.25, -0.2) is 0 Å². The number of allylic oxidation sites excluding steroid dienone is 6. The highest BCUT2D eigenvalue weighted by Gasteiger charge is 2.10. The van der Waals surface area contributed by atoms with Crippen LogP contribution in [0.3, 0.4) is 0 Å². The quantitative estimate of drug-likeness (QED) is 0.0675. The summed E-state index contributed by atoms with van der Waals surface area (Å²) in [5, 5.41) is 53.6. The van der Waals surface area contributed by atoms with Gasteiger partial charge in [0.15, 0.2) is 113 Å². The van der Waals surface area contributed by atoms with Gasteiger partial charge >= 0.3 is 0 Å². The van der Waals surface area contributed by atoms with Crippen molar-refractivity contribution >= 4 is 36.5 Å². The molecule has 0 saturated carbocycles. The van der Waals surface area contributed by atoms with Gasteiger partial charge in [-0.2, -0.15) is 59.0 Å². The van der Waals surface area contributed by atoms with Crippen LogP contribution in [0.2, 0.25) is 0 Å². The van der Waals surface area contributed by atoms with Gasteiger partial charge < -0.3 is 28.2 Å². The number of halogens is 6. The van der Waals surface area contributed by atoms with Crippen molar-refractivity contribution in [1.29, 1.82) is 31.6 Å². The molecule has 12 rings (SSSR count). The Kier molecular flexibility index (Phi) is 47.1. The molecule has 12 nitrogen and oxygen atoms in total. The highest BCUT2D eigenvalue weighted by Crippen LogP contribution is 2.07. The predicted octanol–water partition coefficient (Wildman–Crippen LogP) is -2.62. The standard InChI is InChI=1S/6C15H13N2.6FH/c6*16-13-15-10-4-5-11-17(15)12-6-9-14-7-2-1-3-8-14;;;;;;/h6*1-11H,12H2;6*1H/q6*+1;;;;;;/p-6. The zero-order chi connectivity index (χ0) is 71.5. The van der Waals surface area contributed by atoms with Crippen molar-refractivity contribution in [2.45, 2.75) is 39.3 Å². The van der Waals surface area contributed by atoms with Gasteiger partial charge in [-0.3, -0.25) is 0 Å². The molecule has 540 valence electrons. The molecule has 0 bridgehead atoms. The Bertz CT molecular complexity index is 4150. The minimum atomic E-state index is 0. The minimum absolute atomic E-state index is 0. The summed E-state index contributed by atoms with van der Waals surface area (Å²) in [5.74, 6) is 0. The first-order valence-corrected chi connectivity index (χ1v) is 33.0. The Morgan fingerprint density at radius 2 is 0.296 bits per heavy atom. The first kappa shape index (κ1) is 91.2. The molecule has 0 saturated heterocycles. The average molecular weight is 1440 g/mol. The Morgan fingerprint density at radius 1 is 0.176 bits per heavy atom. The summed E-state index contributed by atoms with van der Waals surface area (Å²) >= 11 is 0. The van der Waals surface area contributed by atoms with E-state index in [1.54, 1.807) is 0 Å². The summed E-state index contributed by atoms with van der Waals surface area (Å²) in [7, 11) is 0. The van der Waals surface area contributed by atoms with Crippen LogP contribution >= 0.6 is 0 Å². The average Bonchev–Trinajstić information content (AvgIpc) is 0.921. The molecular weight excluding hydrogens is 1360 g/mol. The van der Waals surface area contributed by atoms with Crippen LogP contribution in [0.4, 0.5) is 0 Å². The van der Waals surface area contributed by atoms with Crippen LogP contribution in [0.5, 0.6) is 0 Å². The highest BCUT2D eigenvalue weighted by atomic mass is 19.0. The van der Waals surface area contributed by atoms with Crippen molar-refractivity contribution < 1.29 is 55.6 Å². The lowest BCUT2D eigenvalue weighted by molar-refractivity contribution is -0.689. The van der Waals surface area contributed by atoms with E-state index in [4.69, 9.17) is 31.6 Å². The Hall–Kier alpha value is -14.8. The summed E-state index contributed by atoms with van der Waals surface area (Å²) in [4.78, 5) is 0. The summed E-state index contributed by atoms with van der Waals surface area (Å²) < 4.78 is 11.5. The van der Waals surface area contributed by atoms with E-state index in [1.165, 1.54) is 33.4 Å². The smallest absolute Gasteiger partial charge is 0.283 e. The Morgan fingerprint density at radius 3 is 0.417 bits per heavy atom. The molecule has 6 aromatic heterocycles. The number of nitriles is 6. The number of hydrogen-bond acceptors (Lipinski definition) is 6. The third-order valence-corrected chi connectivity index (χ3v) is 14.8. The van der Waals surface area contributed by atoms with Crippen LogP contribution in [-0.4, -0.2) is 0 Å². The molecule has 0 atom stereocenters. The maximum atomic E-state index is 8.94. The van der Waals surface area contributed by atoms with E-state index in [-0.39, 0.29) is 28.2 Å². The maximum absolute atomic E-state index is 8.94. The fraction of sp³-hybridized carbons (Fsp3) is 0.0667. The number of nitrogens with zero attached hydrogens (tertiary/aromatic N) is 12. The largest absolute Gasteiger partial charge is 1.00 e. The van der Waals surface area contributed by atoms with E-state index in [0.29, 0.717) is 73.4 Å². The molecule has 0 spiro atoms. The number of aromatic nitrogens is 6. The fourth-order valence-electron chi connectivity index (χ4n) is 9.62. The number of hydrogen-bond donors (Lipinski definition) is 0. The molecular formula is C90H78F6N12. The molecule has 108 heavy (non-hydrogen) atoms. The SMILES string of the molecule is N#Cc1cccc[n+]1CC=Cc1ccccc1.N#Cc1cccc[n+]1CC=Cc1ccccc1.N#Cc1cccc[n+]1CC=Cc1ccccc1.N#Cc1cccc[n+]1CC=Cc1ccccc1.N#Cc1cccc[n+]1CC=Cc1ccccc1.N#Cc1cccc[n+]1CC=Cc1ccccc1.[F-].[F-].[F-].[F-].[F-].[F-]. The molecule has 0 fully saturated rings. The van der Waals surface area contributed by atoms with E-state index in [2.05, 4.69) is 182 Å². The summed E-state index contributed by atoms with van der Waals surface area (Å²) in [6.45, 7) is 4.24. The molecule has 12 aromatic rings. The van der Waals surface area contributed by atoms with Gasteiger partial charge in [0.2, 0.25) is 0 Å². The molecule has 0 aliphatic carbocycles. The van der Waals surface area contributed by atoms with Gasteiger partial charge in [-0.1, -0.05) is 218 Å². The first-order valence-electron chi connectivity index (χ1n) is 33.0. The number of benzene rings is 6. The van der Waals surface area contributed by atoms with Crippen LogP contribution in [-0.2, 0) is 39.3 Å². The van der Waals surface area contributed by atoms with Crippen molar-refractivity contribution in [1.82, 2.24) is 0 Å². The van der Waals surface area contributed by atoms with Crippen LogP contribution in [0, 0.1) is 68.0 Å². The van der Waals surface area contributed by atoms with Crippen molar-refractivity contribution in [3.63, 3.8) is 0 Å². The Balaban J connectivity index is 0.000000641. The van der Waals surface area contributed by atoms with E-state index in [1.807, 2.05) is 283 Å². The summed E-state index contributed by atoms with van der Waals surface area (Å²) in [6, 6.07) is 107. The van der Waals surface area contributed by atoms with Crippen molar-refractivity contribution in [2.24, 2.45) is 0 Å². The summed E-state index contributed by atoms with van der Waals surface area (Å²) in [5.41, 5.74) is 11.0. The highest BCUT2D eigenvalue weighted by molar-refractivity contribution is 5.52. The second kappa shape index (κ2) is 55.8. The topological polar surface area (TPSA) is 166 Å². The van der Waals surface area contributed by atoms with Crippen LogP contribution in [0.15, 0.2) is 365 Å². The first-order chi connectivity index (χ1) is 50.4. The van der Waals surface area contributed by atoms with Gasteiger partial charge in [-0.15, -0.1) is 0 Å². The fourth-order valence-corrected chi connectivity index (χ4v) is 9.62. The van der Waals surface area contributed by atoms with Gasteiger partial charge in [0.1, 0.15) is 0 Å². The molecule has 0 unspecified atom stereocenters. The molecule has 18 heteroatoms. The van der Waals surface area contributed by atoms with Crippen molar-refractivity contribution in [2.75, 3.05) is 0 Å². The second-order valence-electron chi connectivity index (χ2n) is 22.0. The predicted molar refractivity (Wildman–Crippen MR) is 401 cm³/mol. The molecule has 0 N–H and O–H groups in total. The van der Waals surface area contributed by atoms with Gasteiger partial charge in [0, 0.05) is 72.8 Å². The van der Waals surface area contributed by atoms with E-state index in [0.717, 1.165) is 0 Å². The molecule has 6 aromatic carbocycles. The molecule has 6 heterocycles. The van der Waals surface area contributed by atoms with Crippen molar-refractivity contribution in [3.8, 4) is 36.4 Å². The third kappa shape index (κ3) is 34.2. The molecule has 0 aliphatic rings. The lowest BCUT2D eigenvalue weighted by atomic mass is 10.2. The normalized spacial score (nSPS) is 9.72. The molecule has 0 aliphatic heterocycles. The van der Waals surface area contributed by atoms with Crippen LogP contribution in [0.25, 0.3) is 36.5 Å². The van der Waals surface area contributed by atoms with Gasteiger partial charge in [0.25, 0.3) is 34.2 Å². The summed E-state index contributed by atoms with van der Waals surface area (Å²) in [6.07, 6.45) is 36.1. The zero-order valence-electron chi connectivity index (χ0n) is 59.0. The van der Waals surface area contributed by atoms with Crippen molar-refractivity contribution in [3.05, 3.63) is 432 Å². The molecule has 0 amide bonds. The minimum Gasteiger partial charge on any atom is -1.00 e. The Labute approximate surface area is 628 Å². The van der Waals surface area contributed by atoms with Gasteiger partial charge in [-0.05, 0) is 106 Å². The monoisotopic (exact) mass is 1440 g/mol. The zero-order valence-corrected chi connectivity index (χ0v) is 59.0. The molecule has 0 radical (unpaired) electrons. The maximum Gasteiger partial charge on any atom is 0.283 e. The van der Waals surface area contributed by atoms with Gasteiger partial charge in [0.05, 0.1) is 0 Å². The van der Waals surface area contributed by atoms with Crippen LogP contribution < -0.4 is 55.6 Å². The number of rotatable bonds is 18. The number of pyridine rings is 6. The lowest BCUT2D eigenvalue weighted by Gasteiger charge is -1.94.